The molecular formula is C12H19N3O2S. The maximum Gasteiger partial charge on any atom is 0.244 e. The van der Waals surface area contributed by atoms with Crippen molar-refractivity contribution in [2.24, 2.45) is 11.3 Å². The summed E-state index contributed by atoms with van der Waals surface area (Å²) in [4.78, 5) is 4.20. The highest BCUT2D eigenvalue weighted by atomic mass is 32.2. The first kappa shape index (κ1) is 13.3. The molecule has 0 amide bonds. The van der Waals surface area contributed by atoms with Crippen LogP contribution in [0.4, 0.5) is 5.82 Å². The fraction of sp³-hybridized carbons (Fsp3) is 0.583. The number of hydrogen-bond donors (Lipinski definition) is 2. The molecule has 1 heterocycles. The van der Waals surface area contributed by atoms with E-state index in [1.54, 1.807) is 25.4 Å². The molecule has 2 N–H and O–H groups in total. The second kappa shape index (κ2) is 4.51. The number of aromatic nitrogens is 1. The normalized spacial score (nSPS) is 21.6. The summed E-state index contributed by atoms with van der Waals surface area (Å²) in [5.74, 6) is 0.807. The first-order valence-corrected chi connectivity index (χ1v) is 7.47. The average molecular weight is 269 g/mol. The molecule has 1 atom stereocenters. The van der Waals surface area contributed by atoms with Gasteiger partial charge in [0.1, 0.15) is 10.7 Å². The lowest BCUT2D eigenvalue weighted by Crippen LogP contribution is -2.27. The lowest BCUT2D eigenvalue weighted by atomic mass is 10.1. The molecule has 0 spiro atoms. The highest BCUT2D eigenvalue weighted by molar-refractivity contribution is 7.89. The van der Waals surface area contributed by atoms with Crippen LogP contribution in [0.1, 0.15) is 20.3 Å². The van der Waals surface area contributed by atoms with Crippen LogP contribution in [0, 0.1) is 11.3 Å². The van der Waals surface area contributed by atoms with Crippen LogP contribution in [-0.2, 0) is 10.0 Å². The van der Waals surface area contributed by atoms with Crippen molar-refractivity contribution in [3.05, 3.63) is 18.3 Å². The van der Waals surface area contributed by atoms with Crippen LogP contribution < -0.4 is 10.0 Å². The minimum absolute atomic E-state index is 0.200. The van der Waals surface area contributed by atoms with E-state index < -0.39 is 10.0 Å². The summed E-state index contributed by atoms with van der Waals surface area (Å²) >= 11 is 0. The van der Waals surface area contributed by atoms with Crippen molar-refractivity contribution in [1.29, 1.82) is 0 Å². The van der Waals surface area contributed by atoms with Crippen molar-refractivity contribution in [2.45, 2.75) is 25.2 Å². The van der Waals surface area contributed by atoms with Gasteiger partial charge in [-0.05, 0) is 29.9 Å². The molecule has 1 aromatic rings. The summed E-state index contributed by atoms with van der Waals surface area (Å²) in [7, 11) is -1.83. The summed E-state index contributed by atoms with van der Waals surface area (Å²) in [6.45, 7) is 4.79. The second-order valence-corrected chi connectivity index (χ2v) is 7.08. The molecule has 2 rings (SSSR count). The van der Waals surface area contributed by atoms with Crippen molar-refractivity contribution in [3.8, 4) is 0 Å². The fourth-order valence-corrected chi connectivity index (χ4v) is 3.25. The molecular weight excluding hydrogens is 250 g/mol. The van der Waals surface area contributed by atoms with Gasteiger partial charge in [-0.2, -0.15) is 0 Å². The van der Waals surface area contributed by atoms with E-state index in [2.05, 4.69) is 28.9 Å². The van der Waals surface area contributed by atoms with E-state index in [0.29, 0.717) is 18.3 Å². The van der Waals surface area contributed by atoms with Crippen molar-refractivity contribution < 1.29 is 8.42 Å². The number of nitrogens with zero attached hydrogens (tertiary/aromatic N) is 1. The Morgan fingerprint density at radius 2 is 2.17 bits per heavy atom. The number of hydrogen-bond acceptors (Lipinski definition) is 4. The topological polar surface area (TPSA) is 71.1 Å². The quantitative estimate of drug-likeness (QED) is 0.848. The molecule has 0 radical (unpaired) electrons. The van der Waals surface area contributed by atoms with Crippen LogP contribution in [0.15, 0.2) is 23.2 Å². The molecule has 0 aromatic carbocycles. The van der Waals surface area contributed by atoms with E-state index >= 15 is 0 Å². The van der Waals surface area contributed by atoms with Gasteiger partial charge in [0, 0.05) is 19.8 Å². The van der Waals surface area contributed by atoms with Crippen molar-refractivity contribution in [2.75, 3.05) is 18.9 Å². The Hall–Kier alpha value is -1.14. The highest BCUT2D eigenvalue weighted by Gasteiger charge is 2.45. The zero-order valence-electron chi connectivity index (χ0n) is 10.9. The highest BCUT2D eigenvalue weighted by Crippen LogP contribution is 2.51. The van der Waals surface area contributed by atoms with Gasteiger partial charge < -0.3 is 5.32 Å². The fourth-order valence-electron chi connectivity index (χ4n) is 2.01. The monoisotopic (exact) mass is 269 g/mol. The van der Waals surface area contributed by atoms with E-state index in [9.17, 15) is 8.42 Å². The first-order valence-electron chi connectivity index (χ1n) is 5.99. The summed E-state index contributed by atoms with van der Waals surface area (Å²) in [6, 6.07) is 3.18. The van der Waals surface area contributed by atoms with Gasteiger partial charge in [-0.1, -0.05) is 13.8 Å². The first-order chi connectivity index (χ1) is 8.37. The van der Waals surface area contributed by atoms with Crippen LogP contribution in [0.2, 0.25) is 0 Å². The SMILES string of the molecule is CNc1ncccc1S(=O)(=O)NCC1CC1(C)C. The van der Waals surface area contributed by atoms with Gasteiger partial charge in [-0.15, -0.1) is 0 Å². The minimum atomic E-state index is -3.48. The van der Waals surface area contributed by atoms with Gasteiger partial charge in [0.05, 0.1) is 0 Å². The van der Waals surface area contributed by atoms with Gasteiger partial charge >= 0.3 is 0 Å². The second-order valence-electron chi connectivity index (χ2n) is 5.34. The number of anilines is 1. The molecule has 1 fully saturated rings. The smallest absolute Gasteiger partial charge is 0.244 e. The molecule has 1 unspecified atom stereocenters. The summed E-state index contributed by atoms with van der Waals surface area (Å²) in [5, 5.41) is 2.79. The van der Waals surface area contributed by atoms with Crippen molar-refractivity contribution >= 4 is 15.8 Å². The molecule has 100 valence electrons. The summed E-state index contributed by atoms with van der Waals surface area (Å²) < 4.78 is 27.0. The van der Waals surface area contributed by atoms with Gasteiger partial charge in [0.25, 0.3) is 0 Å². The van der Waals surface area contributed by atoms with Crippen LogP contribution in [0.5, 0.6) is 0 Å². The molecule has 0 saturated heterocycles. The zero-order valence-corrected chi connectivity index (χ0v) is 11.7. The molecule has 5 nitrogen and oxygen atoms in total. The summed E-state index contributed by atoms with van der Waals surface area (Å²) in [5.41, 5.74) is 0.267. The van der Waals surface area contributed by atoms with Crippen LogP contribution in [0.3, 0.4) is 0 Å². The average Bonchev–Trinajstić information content (AvgIpc) is 2.95. The number of nitrogens with one attached hydrogen (secondary N) is 2. The van der Waals surface area contributed by atoms with Gasteiger partial charge in [-0.3, -0.25) is 0 Å². The number of sulfonamides is 1. The maximum atomic E-state index is 12.2. The van der Waals surface area contributed by atoms with E-state index in [-0.39, 0.29) is 10.3 Å². The van der Waals surface area contributed by atoms with E-state index in [1.807, 2.05) is 0 Å². The van der Waals surface area contributed by atoms with E-state index in [1.165, 1.54) is 0 Å². The Morgan fingerprint density at radius 3 is 2.72 bits per heavy atom. The Kier molecular flexibility index (Phi) is 3.33. The molecule has 18 heavy (non-hydrogen) atoms. The maximum absolute atomic E-state index is 12.2. The predicted molar refractivity (Wildman–Crippen MR) is 70.9 cm³/mol. The van der Waals surface area contributed by atoms with Gasteiger partial charge in [0.2, 0.25) is 10.0 Å². The van der Waals surface area contributed by atoms with Crippen LogP contribution in [0.25, 0.3) is 0 Å². The minimum Gasteiger partial charge on any atom is -0.372 e. The molecule has 1 aliphatic carbocycles. The van der Waals surface area contributed by atoms with Gasteiger partial charge in [0.15, 0.2) is 0 Å². The van der Waals surface area contributed by atoms with Gasteiger partial charge in [-0.25, -0.2) is 18.1 Å². The van der Waals surface area contributed by atoms with E-state index in [0.717, 1.165) is 6.42 Å². The lowest BCUT2D eigenvalue weighted by molar-refractivity contribution is 0.537. The van der Waals surface area contributed by atoms with E-state index in [4.69, 9.17) is 0 Å². The largest absolute Gasteiger partial charge is 0.372 e. The molecule has 6 heteroatoms. The lowest BCUT2D eigenvalue weighted by Gasteiger charge is -2.10. The third kappa shape index (κ3) is 2.64. The predicted octanol–water partition coefficient (Wildman–Crippen LogP) is 1.45. The van der Waals surface area contributed by atoms with Crippen molar-refractivity contribution in [1.82, 2.24) is 9.71 Å². The Morgan fingerprint density at radius 1 is 1.50 bits per heavy atom. The van der Waals surface area contributed by atoms with Crippen molar-refractivity contribution in [3.63, 3.8) is 0 Å². The molecule has 0 bridgehead atoms. The van der Waals surface area contributed by atoms with Crippen LogP contribution in [-0.4, -0.2) is 27.0 Å². The molecule has 1 aromatic heterocycles. The standard InChI is InChI=1S/C12H19N3O2S/c1-12(2)7-9(12)8-15-18(16,17)10-5-4-6-14-11(10)13-3/h4-6,9,15H,7-8H2,1-3H3,(H,13,14). The zero-order chi connectivity index (χ0) is 13.4. The Bertz CT molecular complexity index is 540. The Labute approximate surface area is 108 Å². The Balaban J connectivity index is 2.11. The molecule has 0 aliphatic heterocycles. The number of pyridine rings is 1. The third-order valence-electron chi connectivity index (χ3n) is 3.53. The summed E-state index contributed by atoms with van der Waals surface area (Å²) in [6.07, 6.45) is 2.64. The molecule has 1 saturated carbocycles. The van der Waals surface area contributed by atoms with Crippen LogP contribution >= 0.6 is 0 Å². The number of rotatable bonds is 5. The molecule has 1 aliphatic rings. The third-order valence-corrected chi connectivity index (χ3v) is 4.99.